The van der Waals surface area contributed by atoms with Crippen LogP contribution in [0.4, 0.5) is 0 Å². The Morgan fingerprint density at radius 1 is 0.248 bits per heavy atom. The summed E-state index contributed by atoms with van der Waals surface area (Å²) in [5.74, 6) is -0.598. The van der Waals surface area contributed by atoms with E-state index in [2.05, 4.69) is 0 Å². The van der Waals surface area contributed by atoms with Crippen LogP contribution < -0.4 is 0 Å². The van der Waals surface area contributed by atoms with Gasteiger partial charge in [0, 0.05) is 154 Å². The van der Waals surface area contributed by atoms with Crippen molar-refractivity contribution in [1.29, 1.82) is 0 Å². The Morgan fingerprint density at radius 2 is 0.451 bits per heavy atom. The third-order valence-corrected chi connectivity index (χ3v) is 22.4. The van der Waals surface area contributed by atoms with E-state index >= 15 is 0 Å². The van der Waals surface area contributed by atoms with Crippen molar-refractivity contribution >= 4 is 17.7 Å². The predicted molar refractivity (Wildman–Crippen MR) is 392 cm³/mol. The molecule has 7 fully saturated rings. The van der Waals surface area contributed by atoms with Crippen LogP contribution in [-0.4, -0.2) is 416 Å². The maximum absolute atomic E-state index is 13.5. The van der Waals surface area contributed by atoms with E-state index in [4.69, 9.17) is 166 Å². The zero-order chi connectivity index (χ0) is 81.4. The number of rotatable bonds is 44. The highest BCUT2D eigenvalue weighted by molar-refractivity contribution is 7.99. The zero-order valence-corrected chi connectivity index (χ0v) is 69.4. The van der Waals surface area contributed by atoms with Crippen LogP contribution in [0, 0.1) is 0 Å². The van der Waals surface area contributed by atoms with Crippen LogP contribution in [0.5, 0.6) is 0 Å². The molecular formula is C76H122O36S. The van der Waals surface area contributed by atoms with Crippen LogP contribution in [-0.2, 0) is 166 Å². The van der Waals surface area contributed by atoms with Gasteiger partial charge in [0.2, 0.25) is 0 Å². The molecule has 36 nitrogen and oxygen atoms in total. The molecule has 0 spiro atoms. The minimum Gasteiger partial charge on any atom is -0.453 e. The van der Waals surface area contributed by atoms with Gasteiger partial charge in [0.05, 0.1) is 51.8 Å². The Kier molecular flexibility index (Phi) is 39.2. The fourth-order valence-electron chi connectivity index (χ4n) is 16.1. The standard InChI is InChI=1S/C76H122O36S/c1-78-32-41-48(106-69(77)39-28-24-22-25-29-39)55(85-8)62(92-15)70(99-41)107-49-42(33-79-2)100-71(63(93-16)56(49)86-9)108-50-43(34-80-3)101-72(64(94-17)57(50)87-10)109-51-44(35-81-4)102-73(65(95-18)58(51)88-11)110-52-45(36-82-5)103-74(66(96-19)59(52)89-12)111-53-46(37-83-6)104-75(67(97-20)60(53)90-13)112-54-47(38-84-7)105-76(68(98-21)61(54)91-14)113-40-30-26-23-27-31-40/h22-31,41-68,70-76H,32-38H2,1-21H3/t41-,42-,43-,44-,45-,46-,47-,48-,49-,50-,51-,52-,53-,54-,55+,56+,57+,58+,59+,60+,61+,62-,63-,64-,65-,66-,67-,68-,70-,71-,72-,73-,74-,75-,76?/m1/s1. The highest BCUT2D eigenvalue weighted by Gasteiger charge is 2.62. The Labute approximate surface area is 666 Å². The van der Waals surface area contributed by atoms with Crippen LogP contribution in [0.15, 0.2) is 65.6 Å². The lowest BCUT2D eigenvalue weighted by atomic mass is 9.94. The summed E-state index contributed by atoms with van der Waals surface area (Å²) < 4.78 is 224. The third-order valence-electron chi connectivity index (χ3n) is 21.3. The molecule has 35 atom stereocenters. The van der Waals surface area contributed by atoms with Crippen LogP contribution in [0.2, 0.25) is 0 Å². The van der Waals surface area contributed by atoms with Crippen molar-refractivity contribution in [2.24, 2.45) is 0 Å². The molecule has 648 valence electrons. The van der Waals surface area contributed by atoms with E-state index < -0.39 is 220 Å². The smallest absolute Gasteiger partial charge is 0.338 e. The normalized spacial score (nSPS) is 40.5. The van der Waals surface area contributed by atoms with E-state index in [1.54, 1.807) is 58.8 Å². The van der Waals surface area contributed by atoms with Gasteiger partial charge < -0.3 is 166 Å². The Balaban J connectivity index is 0.909. The van der Waals surface area contributed by atoms with Crippen molar-refractivity contribution in [1.82, 2.24) is 0 Å². The number of ether oxygens (including phenoxy) is 35. The lowest BCUT2D eigenvalue weighted by Gasteiger charge is -2.52. The molecule has 113 heavy (non-hydrogen) atoms. The van der Waals surface area contributed by atoms with E-state index in [-0.39, 0.29) is 46.2 Å². The molecule has 7 saturated heterocycles. The number of thioether (sulfide) groups is 1. The first-order chi connectivity index (χ1) is 55.0. The molecule has 2 aromatic carbocycles. The van der Waals surface area contributed by atoms with Crippen molar-refractivity contribution in [2.75, 3.05) is 196 Å². The lowest BCUT2D eigenvalue weighted by Crippen LogP contribution is -2.69. The molecule has 0 aromatic heterocycles. The van der Waals surface area contributed by atoms with Crippen LogP contribution in [0.1, 0.15) is 10.4 Å². The van der Waals surface area contributed by atoms with Crippen molar-refractivity contribution in [3.05, 3.63) is 66.2 Å². The molecule has 1 unspecified atom stereocenters. The molecule has 0 radical (unpaired) electrons. The number of hydrogen-bond acceptors (Lipinski definition) is 37. The van der Waals surface area contributed by atoms with Gasteiger partial charge in [-0.15, -0.1) is 0 Å². The predicted octanol–water partition coefficient (Wildman–Crippen LogP) is 2.12. The summed E-state index contributed by atoms with van der Waals surface area (Å²) in [6.45, 7) is -0.0875. The highest BCUT2D eigenvalue weighted by atomic mass is 32.2. The fraction of sp³-hybridized carbons (Fsp3) is 0.829. The summed E-state index contributed by atoms with van der Waals surface area (Å²) in [5.41, 5.74) is -0.175. The number of hydrogen-bond donors (Lipinski definition) is 0. The number of benzene rings is 2. The molecule has 7 heterocycles. The first-order valence-corrected chi connectivity index (χ1v) is 38.2. The maximum Gasteiger partial charge on any atom is 0.338 e. The maximum atomic E-state index is 13.5. The van der Waals surface area contributed by atoms with Gasteiger partial charge in [-0.1, -0.05) is 48.2 Å². The van der Waals surface area contributed by atoms with Gasteiger partial charge in [-0.05, 0) is 24.3 Å². The van der Waals surface area contributed by atoms with Gasteiger partial charge in [-0.3, -0.25) is 0 Å². The summed E-state index contributed by atoms with van der Waals surface area (Å²) in [7, 11) is 31.8. The number of esters is 1. The second kappa shape index (κ2) is 47.2. The van der Waals surface area contributed by atoms with Crippen LogP contribution in [0.25, 0.3) is 0 Å². The van der Waals surface area contributed by atoms with Crippen molar-refractivity contribution in [3.63, 3.8) is 0 Å². The quantitative estimate of drug-likeness (QED) is 0.0858. The average molecular weight is 1640 g/mol. The van der Waals surface area contributed by atoms with Crippen LogP contribution in [0.3, 0.4) is 0 Å². The van der Waals surface area contributed by atoms with Crippen LogP contribution >= 0.6 is 11.8 Å². The van der Waals surface area contributed by atoms with E-state index in [0.29, 0.717) is 5.56 Å². The minimum absolute atomic E-state index is 0.00150. The first-order valence-electron chi connectivity index (χ1n) is 37.4. The molecule has 2 aromatic rings. The lowest BCUT2D eigenvalue weighted by molar-refractivity contribution is -0.403. The molecule has 9 rings (SSSR count). The van der Waals surface area contributed by atoms with Gasteiger partial charge in [-0.25, -0.2) is 4.79 Å². The molecule has 0 saturated carbocycles. The van der Waals surface area contributed by atoms with Crippen molar-refractivity contribution in [3.8, 4) is 0 Å². The number of carbonyl (C=O) groups excluding carboxylic acids is 1. The Bertz CT molecular complexity index is 2950. The largest absolute Gasteiger partial charge is 0.453 e. The van der Waals surface area contributed by atoms with Gasteiger partial charge in [-0.2, -0.15) is 0 Å². The molecule has 0 bridgehead atoms. The summed E-state index contributed by atoms with van der Waals surface area (Å²) in [6.07, 6.45) is -33.4. The van der Waals surface area contributed by atoms with Gasteiger partial charge >= 0.3 is 5.97 Å². The van der Waals surface area contributed by atoms with E-state index in [9.17, 15) is 4.79 Å². The second-order valence-corrected chi connectivity index (χ2v) is 28.7. The summed E-state index contributed by atoms with van der Waals surface area (Å²) >= 11 is 1.50. The zero-order valence-electron chi connectivity index (χ0n) is 68.5. The van der Waals surface area contributed by atoms with Gasteiger partial charge in [0.15, 0.2) is 43.8 Å². The molecule has 7 aliphatic rings. The molecule has 0 N–H and O–H groups in total. The first kappa shape index (κ1) is 93.8. The topological polar surface area (TPSA) is 340 Å². The van der Waals surface area contributed by atoms with Crippen molar-refractivity contribution < 1.29 is 171 Å². The number of methoxy groups -OCH3 is 21. The molecular weight excluding hydrogens is 1520 g/mol. The average Bonchev–Trinajstić information content (AvgIpc) is 0.572. The van der Waals surface area contributed by atoms with Crippen molar-refractivity contribution in [2.45, 2.75) is 219 Å². The molecule has 7 aliphatic heterocycles. The monoisotopic (exact) mass is 1640 g/mol. The molecule has 37 heteroatoms. The van der Waals surface area contributed by atoms with E-state index in [0.717, 1.165) is 4.90 Å². The Morgan fingerprint density at radius 3 is 0.681 bits per heavy atom. The van der Waals surface area contributed by atoms with Gasteiger partial charge in [0.25, 0.3) is 0 Å². The molecule has 0 aliphatic carbocycles. The number of carbonyl (C=O) groups is 1. The Hall–Kier alpha value is -3.10. The highest BCUT2D eigenvalue weighted by Crippen LogP contribution is 2.44. The van der Waals surface area contributed by atoms with E-state index in [1.807, 2.05) is 30.3 Å². The summed E-state index contributed by atoms with van der Waals surface area (Å²) in [4.78, 5) is 14.5. The summed E-state index contributed by atoms with van der Waals surface area (Å²) in [6, 6.07) is 18.4. The SMILES string of the molecule is COC[C@H]1O[C@H](O[C@H]2[C@H](OC)[C@@H](OC)[C@@H](O[C@H]3[C@H](OC)[C@@H](OC)[C@@H](O[C@H]4[C@H](OC)[C@@H](OC)[C@@H](O[C@H]5[C@H](OC)[C@@H](OC)[C@@H](O[C@H]6[C@H](OC)[C@@H](OC)[C@@H](O[C@H]7[C@H](OC)[C@@H](OC)C(Sc8ccccc8)O[C@@H]7COC)O[C@@H]6COC)O[C@@H]5COC)O[C@@H]4COC)O[C@@H]3COC)O[C@@H]2COC)[C@H](OC)[C@@H](OC)[C@@H]1OC(=O)c1ccccc1. The third kappa shape index (κ3) is 22.0. The fourth-order valence-corrected chi connectivity index (χ4v) is 17.2. The summed E-state index contributed by atoms with van der Waals surface area (Å²) in [5, 5.41) is 0. The molecule has 0 amide bonds. The van der Waals surface area contributed by atoms with Gasteiger partial charge in [0.1, 0.15) is 170 Å². The second-order valence-electron chi connectivity index (χ2n) is 27.6. The van der Waals surface area contributed by atoms with E-state index in [1.165, 1.54) is 133 Å². The minimum atomic E-state index is -1.25.